The summed E-state index contributed by atoms with van der Waals surface area (Å²) < 4.78 is 22.5. The summed E-state index contributed by atoms with van der Waals surface area (Å²) in [6, 6.07) is 14.6. The second-order valence-electron chi connectivity index (χ2n) is 8.93. The van der Waals surface area contributed by atoms with Crippen molar-refractivity contribution in [2.24, 2.45) is 0 Å². The van der Waals surface area contributed by atoms with Crippen molar-refractivity contribution in [2.75, 3.05) is 20.3 Å². The third kappa shape index (κ3) is 5.69. The van der Waals surface area contributed by atoms with Gasteiger partial charge >= 0.3 is 0 Å². The third-order valence-electron chi connectivity index (χ3n) is 6.39. The van der Waals surface area contributed by atoms with Gasteiger partial charge in [-0.3, -0.25) is 9.59 Å². The van der Waals surface area contributed by atoms with E-state index in [9.17, 15) is 14.7 Å². The Morgan fingerprint density at radius 1 is 1.00 bits per heavy atom. The topological polar surface area (TPSA) is 98.4 Å². The number of Topliss-reactive ketones (excluding diaryl/α,β-unsaturated/α-hetero) is 1. The van der Waals surface area contributed by atoms with Crippen molar-refractivity contribution in [1.29, 1.82) is 0 Å². The van der Waals surface area contributed by atoms with Gasteiger partial charge in [-0.25, -0.2) is 0 Å². The predicted molar refractivity (Wildman–Crippen MR) is 142 cm³/mol. The SMILES string of the molecule is CCCCCOc1ccc(C2/C(=C(\O)c3ccc(OCC)cc3)C(=O)C(=O)N2Cc2ccco2)cc1OC. The van der Waals surface area contributed by atoms with Gasteiger partial charge in [0.15, 0.2) is 11.5 Å². The Balaban J connectivity index is 1.76. The Bertz CT molecular complexity index is 1280. The summed E-state index contributed by atoms with van der Waals surface area (Å²) in [4.78, 5) is 28.0. The smallest absolute Gasteiger partial charge is 0.296 e. The second kappa shape index (κ2) is 12.4. The maximum absolute atomic E-state index is 13.3. The van der Waals surface area contributed by atoms with Gasteiger partial charge in [0.25, 0.3) is 11.7 Å². The molecule has 4 rings (SSSR count). The number of hydrogen-bond donors (Lipinski definition) is 1. The molecule has 2 heterocycles. The summed E-state index contributed by atoms with van der Waals surface area (Å²) in [5, 5.41) is 11.3. The molecule has 8 heteroatoms. The number of aliphatic hydroxyl groups excluding tert-OH is 1. The number of furan rings is 1. The zero-order valence-corrected chi connectivity index (χ0v) is 21.9. The maximum atomic E-state index is 13.3. The highest BCUT2D eigenvalue weighted by Gasteiger charge is 2.46. The molecule has 200 valence electrons. The van der Waals surface area contributed by atoms with E-state index in [1.807, 2.05) is 6.92 Å². The van der Waals surface area contributed by atoms with Crippen LogP contribution < -0.4 is 14.2 Å². The Morgan fingerprint density at radius 3 is 2.45 bits per heavy atom. The van der Waals surface area contributed by atoms with Gasteiger partial charge in [-0.05, 0) is 67.4 Å². The number of carbonyl (C=O) groups is 2. The molecule has 1 unspecified atom stereocenters. The number of unbranched alkanes of at least 4 members (excludes halogenated alkanes) is 2. The molecule has 1 aromatic heterocycles. The molecule has 0 bridgehead atoms. The second-order valence-corrected chi connectivity index (χ2v) is 8.93. The molecule has 1 atom stereocenters. The number of aliphatic hydroxyl groups is 1. The van der Waals surface area contributed by atoms with Crippen LogP contribution in [0.3, 0.4) is 0 Å². The van der Waals surface area contributed by atoms with Crippen LogP contribution in [-0.2, 0) is 16.1 Å². The van der Waals surface area contributed by atoms with Crippen LogP contribution in [0.15, 0.2) is 70.9 Å². The highest BCUT2D eigenvalue weighted by atomic mass is 16.5. The Hall–Kier alpha value is -4.20. The fourth-order valence-corrected chi connectivity index (χ4v) is 4.50. The highest BCUT2D eigenvalue weighted by molar-refractivity contribution is 6.46. The quantitative estimate of drug-likeness (QED) is 0.138. The van der Waals surface area contributed by atoms with Crippen molar-refractivity contribution in [3.8, 4) is 17.2 Å². The molecular weight excluding hydrogens is 486 g/mol. The van der Waals surface area contributed by atoms with E-state index in [-0.39, 0.29) is 17.9 Å². The molecule has 3 aromatic rings. The van der Waals surface area contributed by atoms with E-state index in [4.69, 9.17) is 18.6 Å². The van der Waals surface area contributed by atoms with E-state index in [1.165, 1.54) is 18.3 Å². The summed E-state index contributed by atoms with van der Waals surface area (Å²) in [7, 11) is 1.54. The molecule has 1 N–H and O–H groups in total. The first-order valence-electron chi connectivity index (χ1n) is 12.8. The number of amides is 1. The molecular formula is C30H33NO7. The Labute approximate surface area is 222 Å². The molecule has 1 aliphatic heterocycles. The number of nitrogens with zero attached hydrogens (tertiary/aromatic N) is 1. The largest absolute Gasteiger partial charge is 0.507 e. The number of rotatable bonds is 12. The number of hydrogen-bond acceptors (Lipinski definition) is 7. The van der Waals surface area contributed by atoms with E-state index in [1.54, 1.807) is 54.6 Å². The molecule has 38 heavy (non-hydrogen) atoms. The van der Waals surface area contributed by atoms with Crippen LogP contribution in [0, 0.1) is 0 Å². The van der Waals surface area contributed by atoms with E-state index in [2.05, 4.69) is 6.92 Å². The number of likely N-dealkylation sites (tertiary alicyclic amines) is 1. The molecule has 1 aliphatic rings. The minimum absolute atomic E-state index is 0.00983. The first-order valence-corrected chi connectivity index (χ1v) is 12.8. The lowest BCUT2D eigenvalue weighted by Gasteiger charge is -2.25. The molecule has 1 fully saturated rings. The number of ketones is 1. The van der Waals surface area contributed by atoms with Crippen molar-refractivity contribution in [1.82, 2.24) is 4.90 Å². The van der Waals surface area contributed by atoms with Gasteiger partial charge in [0.1, 0.15) is 17.3 Å². The minimum atomic E-state index is -0.866. The number of ether oxygens (including phenoxy) is 3. The van der Waals surface area contributed by atoms with Crippen LogP contribution in [0.2, 0.25) is 0 Å². The van der Waals surface area contributed by atoms with E-state index in [0.29, 0.717) is 47.3 Å². The normalized spacial score (nSPS) is 16.6. The van der Waals surface area contributed by atoms with E-state index in [0.717, 1.165) is 19.3 Å². The lowest BCUT2D eigenvalue weighted by molar-refractivity contribution is -0.140. The van der Waals surface area contributed by atoms with Crippen molar-refractivity contribution >= 4 is 17.4 Å². The average molecular weight is 520 g/mol. The highest BCUT2D eigenvalue weighted by Crippen LogP contribution is 2.43. The Morgan fingerprint density at radius 2 is 1.79 bits per heavy atom. The van der Waals surface area contributed by atoms with Crippen LogP contribution in [0.4, 0.5) is 0 Å². The lowest BCUT2D eigenvalue weighted by Crippen LogP contribution is -2.29. The summed E-state index contributed by atoms with van der Waals surface area (Å²) >= 11 is 0. The fraction of sp³-hybridized carbons (Fsp3) is 0.333. The van der Waals surface area contributed by atoms with Gasteiger partial charge in [-0.15, -0.1) is 0 Å². The minimum Gasteiger partial charge on any atom is -0.507 e. The number of benzene rings is 2. The van der Waals surface area contributed by atoms with Crippen LogP contribution in [0.1, 0.15) is 56.0 Å². The van der Waals surface area contributed by atoms with E-state index >= 15 is 0 Å². The molecule has 0 radical (unpaired) electrons. The van der Waals surface area contributed by atoms with Crippen molar-refractivity contribution in [2.45, 2.75) is 45.7 Å². The van der Waals surface area contributed by atoms with E-state index < -0.39 is 17.7 Å². The Kier molecular flexibility index (Phi) is 8.73. The van der Waals surface area contributed by atoms with Crippen LogP contribution >= 0.6 is 0 Å². The van der Waals surface area contributed by atoms with Crippen LogP contribution in [0.25, 0.3) is 5.76 Å². The monoisotopic (exact) mass is 519 g/mol. The van der Waals surface area contributed by atoms with Gasteiger partial charge in [0.2, 0.25) is 0 Å². The molecule has 1 saturated heterocycles. The van der Waals surface area contributed by atoms with Crippen LogP contribution in [-0.4, -0.2) is 42.0 Å². The summed E-state index contributed by atoms with van der Waals surface area (Å²) in [6.07, 6.45) is 4.58. The summed E-state index contributed by atoms with van der Waals surface area (Å²) in [6.45, 7) is 5.12. The molecule has 0 aliphatic carbocycles. The first-order chi connectivity index (χ1) is 18.5. The molecule has 1 amide bonds. The van der Waals surface area contributed by atoms with Crippen molar-refractivity contribution < 1.29 is 33.3 Å². The lowest BCUT2D eigenvalue weighted by atomic mass is 9.95. The van der Waals surface area contributed by atoms with Gasteiger partial charge in [0.05, 0.1) is 44.7 Å². The number of methoxy groups -OCH3 is 1. The first kappa shape index (κ1) is 26.9. The average Bonchev–Trinajstić information content (AvgIpc) is 3.54. The molecule has 0 saturated carbocycles. The summed E-state index contributed by atoms with van der Waals surface area (Å²) in [5.41, 5.74) is 0.989. The van der Waals surface area contributed by atoms with Crippen LogP contribution in [0.5, 0.6) is 17.2 Å². The predicted octanol–water partition coefficient (Wildman–Crippen LogP) is 5.88. The maximum Gasteiger partial charge on any atom is 0.296 e. The molecule has 2 aromatic carbocycles. The fourth-order valence-electron chi connectivity index (χ4n) is 4.50. The van der Waals surface area contributed by atoms with Crippen molar-refractivity contribution in [3.63, 3.8) is 0 Å². The zero-order chi connectivity index (χ0) is 27.1. The van der Waals surface area contributed by atoms with Gasteiger partial charge in [-0.1, -0.05) is 25.8 Å². The third-order valence-corrected chi connectivity index (χ3v) is 6.39. The zero-order valence-electron chi connectivity index (χ0n) is 21.9. The molecule has 8 nitrogen and oxygen atoms in total. The van der Waals surface area contributed by atoms with Gasteiger partial charge in [0, 0.05) is 5.56 Å². The number of carbonyl (C=O) groups excluding carboxylic acids is 2. The van der Waals surface area contributed by atoms with Gasteiger partial charge in [-0.2, -0.15) is 0 Å². The summed E-state index contributed by atoms with van der Waals surface area (Å²) in [5.74, 6) is 0.436. The molecule has 0 spiro atoms. The standard InChI is InChI=1S/C30H33NO7/c1-4-6-7-16-38-24-15-12-21(18-25(24)35-3)27-26(28(32)20-10-13-22(14-11-20)36-5-2)29(33)30(34)31(27)19-23-9-8-17-37-23/h8-15,17-18,27,32H,4-7,16,19H2,1-3H3/b28-26+. The van der Waals surface area contributed by atoms with Crippen molar-refractivity contribution in [3.05, 3.63) is 83.3 Å². The van der Waals surface area contributed by atoms with Gasteiger partial charge < -0.3 is 28.6 Å².